The molecule has 1 aliphatic heterocycles. The van der Waals surface area contributed by atoms with Crippen LogP contribution >= 0.6 is 15.9 Å². The number of nitrogens with zero attached hydrogens (tertiary/aromatic N) is 1. The van der Waals surface area contributed by atoms with Gasteiger partial charge in [0.05, 0.1) is 19.3 Å². The molecule has 0 aliphatic carbocycles. The summed E-state index contributed by atoms with van der Waals surface area (Å²) >= 11 is 3.46. The number of ether oxygens (including phenoxy) is 1. The van der Waals surface area contributed by atoms with Crippen LogP contribution in [0.3, 0.4) is 0 Å². The lowest BCUT2D eigenvalue weighted by molar-refractivity contribution is -0.117. The Morgan fingerprint density at radius 3 is 2.92 bits per heavy atom. The number of carbonyl (C=O) groups is 1. The minimum absolute atomic E-state index is 0.0108. The van der Waals surface area contributed by atoms with E-state index in [0.29, 0.717) is 6.54 Å². The summed E-state index contributed by atoms with van der Waals surface area (Å²) in [5, 5.41) is 2.98. The van der Waals surface area contributed by atoms with Crippen molar-refractivity contribution in [1.82, 2.24) is 4.90 Å². The quantitative estimate of drug-likeness (QED) is 0.832. The van der Waals surface area contributed by atoms with Crippen LogP contribution in [0.2, 0.25) is 0 Å². The van der Waals surface area contributed by atoms with E-state index in [1.54, 1.807) is 7.11 Å². The molecule has 0 radical (unpaired) electrons. The number of benzene rings is 2. The molecule has 24 heavy (non-hydrogen) atoms. The first-order chi connectivity index (χ1) is 11.7. The molecule has 4 nitrogen and oxygen atoms in total. The van der Waals surface area contributed by atoms with Crippen molar-refractivity contribution in [3.8, 4) is 5.75 Å². The van der Waals surface area contributed by atoms with Gasteiger partial charge in [0.15, 0.2) is 0 Å². The van der Waals surface area contributed by atoms with E-state index in [4.69, 9.17) is 4.74 Å². The lowest BCUT2D eigenvalue weighted by Crippen LogP contribution is -2.33. The van der Waals surface area contributed by atoms with Crippen molar-refractivity contribution < 1.29 is 9.53 Å². The molecule has 0 saturated carbocycles. The topological polar surface area (TPSA) is 41.6 Å². The highest BCUT2D eigenvalue weighted by Crippen LogP contribution is 2.33. The van der Waals surface area contributed by atoms with E-state index < -0.39 is 0 Å². The number of methoxy groups -OCH3 is 1. The fourth-order valence-corrected chi connectivity index (χ4v) is 3.56. The maximum atomic E-state index is 12.4. The fourth-order valence-electron chi connectivity index (χ4n) is 3.18. The second kappa shape index (κ2) is 7.81. The Balaban J connectivity index is 1.67. The maximum absolute atomic E-state index is 12.4. The van der Waals surface area contributed by atoms with Crippen molar-refractivity contribution in [1.29, 1.82) is 0 Å². The standard InChI is InChI=1S/C19H21BrN2O2/c1-24-15-7-4-6-14(12-15)18-10-5-11-22(18)13-19(23)21-17-9-3-2-8-16(17)20/h2-4,6-9,12,18H,5,10-11,13H2,1H3,(H,21,23). The van der Waals surface area contributed by atoms with E-state index >= 15 is 0 Å². The van der Waals surface area contributed by atoms with E-state index in [9.17, 15) is 4.79 Å². The lowest BCUT2D eigenvalue weighted by atomic mass is 10.0. The zero-order valence-electron chi connectivity index (χ0n) is 13.7. The Morgan fingerprint density at radius 1 is 1.29 bits per heavy atom. The average molecular weight is 389 g/mol. The van der Waals surface area contributed by atoms with E-state index in [-0.39, 0.29) is 11.9 Å². The van der Waals surface area contributed by atoms with Gasteiger partial charge in [-0.15, -0.1) is 0 Å². The van der Waals surface area contributed by atoms with Crippen LogP contribution in [0.4, 0.5) is 5.69 Å². The van der Waals surface area contributed by atoms with Crippen molar-refractivity contribution in [2.75, 3.05) is 25.5 Å². The van der Waals surface area contributed by atoms with Gasteiger partial charge < -0.3 is 10.1 Å². The molecule has 126 valence electrons. The first kappa shape index (κ1) is 17.0. The highest BCUT2D eigenvalue weighted by Gasteiger charge is 2.27. The molecule has 1 amide bonds. The normalized spacial score (nSPS) is 17.7. The van der Waals surface area contributed by atoms with E-state index in [1.807, 2.05) is 36.4 Å². The van der Waals surface area contributed by atoms with Crippen molar-refractivity contribution in [2.45, 2.75) is 18.9 Å². The van der Waals surface area contributed by atoms with Crippen molar-refractivity contribution >= 4 is 27.5 Å². The number of hydrogen-bond acceptors (Lipinski definition) is 3. The van der Waals surface area contributed by atoms with Crippen LogP contribution < -0.4 is 10.1 Å². The fraction of sp³-hybridized carbons (Fsp3) is 0.316. The minimum atomic E-state index is 0.0108. The van der Waals surface area contributed by atoms with Crippen LogP contribution in [0.15, 0.2) is 53.0 Å². The van der Waals surface area contributed by atoms with Gasteiger partial charge >= 0.3 is 0 Å². The van der Waals surface area contributed by atoms with Gasteiger partial charge in [-0.2, -0.15) is 0 Å². The third kappa shape index (κ3) is 3.97. The van der Waals surface area contributed by atoms with Gasteiger partial charge in [-0.1, -0.05) is 24.3 Å². The second-order valence-corrected chi connectivity index (χ2v) is 6.79. The molecule has 3 rings (SSSR count). The van der Waals surface area contributed by atoms with Gasteiger partial charge in [0.25, 0.3) is 0 Å². The highest BCUT2D eigenvalue weighted by atomic mass is 79.9. The van der Waals surface area contributed by atoms with Gasteiger partial charge in [-0.05, 0) is 65.1 Å². The molecule has 1 unspecified atom stereocenters. The number of carbonyl (C=O) groups excluding carboxylic acids is 1. The Kier molecular flexibility index (Phi) is 5.53. The number of rotatable bonds is 5. The Bertz CT molecular complexity index is 720. The molecule has 0 bridgehead atoms. The summed E-state index contributed by atoms with van der Waals surface area (Å²) in [6.45, 7) is 1.33. The third-order valence-electron chi connectivity index (χ3n) is 4.34. The Labute approximate surface area is 150 Å². The van der Waals surface area contributed by atoms with Gasteiger partial charge in [-0.3, -0.25) is 9.69 Å². The molecular weight excluding hydrogens is 368 g/mol. The molecular formula is C19H21BrN2O2. The molecule has 1 heterocycles. The summed E-state index contributed by atoms with van der Waals surface area (Å²) < 4.78 is 6.21. The smallest absolute Gasteiger partial charge is 0.238 e. The Morgan fingerprint density at radius 2 is 2.12 bits per heavy atom. The van der Waals surface area contributed by atoms with Crippen molar-refractivity contribution in [2.24, 2.45) is 0 Å². The lowest BCUT2D eigenvalue weighted by Gasteiger charge is -2.24. The van der Waals surface area contributed by atoms with Crippen molar-refractivity contribution in [3.63, 3.8) is 0 Å². The number of anilines is 1. The van der Waals surface area contributed by atoms with Crippen LogP contribution in [-0.2, 0) is 4.79 Å². The third-order valence-corrected chi connectivity index (χ3v) is 5.03. The van der Waals surface area contributed by atoms with Gasteiger partial charge in [-0.25, -0.2) is 0 Å². The van der Waals surface area contributed by atoms with Crippen LogP contribution in [0.25, 0.3) is 0 Å². The number of halogens is 1. The molecule has 5 heteroatoms. The first-order valence-electron chi connectivity index (χ1n) is 8.10. The molecule has 2 aromatic carbocycles. The number of nitrogens with one attached hydrogen (secondary N) is 1. The predicted octanol–water partition coefficient (Wildman–Crippen LogP) is 4.23. The number of amides is 1. The summed E-state index contributed by atoms with van der Waals surface area (Å²) in [7, 11) is 1.68. The average Bonchev–Trinajstić information content (AvgIpc) is 3.05. The van der Waals surface area contributed by atoms with Gasteiger partial charge in [0.2, 0.25) is 5.91 Å². The maximum Gasteiger partial charge on any atom is 0.238 e. The SMILES string of the molecule is COc1cccc(C2CCCN2CC(=O)Nc2ccccc2Br)c1. The van der Waals surface area contributed by atoms with E-state index in [1.165, 1.54) is 5.56 Å². The molecule has 1 fully saturated rings. The van der Waals surface area contributed by atoms with Crippen LogP contribution in [0.5, 0.6) is 5.75 Å². The minimum Gasteiger partial charge on any atom is -0.497 e. The molecule has 0 spiro atoms. The van der Waals surface area contributed by atoms with E-state index in [0.717, 1.165) is 35.3 Å². The zero-order chi connectivity index (χ0) is 16.9. The molecule has 1 aliphatic rings. The molecule has 1 atom stereocenters. The van der Waals surface area contributed by atoms with Crippen molar-refractivity contribution in [3.05, 3.63) is 58.6 Å². The van der Waals surface area contributed by atoms with Gasteiger partial charge in [0.1, 0.15) is 5.75 Å². The summed E-state index contributed by atoms with van der Waals surface area (Å²) in [6, 6.07) is 16.1. The summed E-state index contributed by atoms with van der Waals surface area (Å²) in [5.41, 5.74) is 2.01. The van der Waals surface area contributed by atoms with Gasteiger partial charge in [0, 0.05) is 10.5 Å². The highest BCUT2D eigenvalue weighted by molar-refractivity contribution is 9.10. The Hall–Kier alpha value is -1.85. The first-order valence-corrected chi connectivity index (χ1v) is 8.89. The predicted molar refractivity (Wildman–Crippen MR) is 99.3 cm³/mol. The summed E-state index contributed by atoms with van der Waals surface area (Å²) in [6.07, 6.45) is 2.17. The molecule has 1 N–H and O–H groups in total. The molecule has 0 aromatic heterocycles. The van der Waals surface area contributed by atoms with E-state index in [2.05, 4.69) is 38.3 Å². The summed E-state index contributed by atoms with van der Waals surface area (Å²) in [5.74, 6) is 0.869. The largest absolute Gasteiger partial charge is 0.497 e. The van der Waals surface area contributed by atoms with Crippen LogP contribution in [0.1, 0.15) is 24.4 Å². The van der Waals surface area contributed by atoms with Crippen LogP contribution in [-0.4, -0.2) is 31.0 Å². The van der Waals surface area contributed by atoms with Crippen LogP contribution in [0, 0.1) is 0 Å². The second-order valence-electron chi connectivity index (χ2n) is 5.93. The zero-order valence-corrected chi connectivity index (χ0v) is 15.3. The number of para-hydroxylation sites is 1. The monoisotopic (exact) mass is 388 g/mol. The number of likely N-dealkylation sites (tertiary alicyclic amines) is 1. The summed E-state index contributed by atoms with van der Waals surface area (Å²) in [4.78, 5) is 14.7. The number of hydrogen-bond donors (Lipinski definition) is 1. The molecule has 2 aromatic rings. The molecule has 1 saturated heterocycles.